The number of hydrogen-bond acceptors (Lipinski definition) is 2. The molecule has 1 saturated carbocycles. The predicted octanol–water partition coefficient (Wildman–Crippen LogP) is 3.69. The lowest BCUT2D eigenvalue weighted by atomic mass is 9.75. The number of rotatable bonds is 3. The van der Waals surface area contributed by atoms with Crippen molar-refractivity contribution in [2.24, 2.45) is 5.41 Å². The van der Waals surface area contributed by atoms with Crippen molar-refractivity contribution >= 4 is 17.3 Å². The molecule has 1 aliphatic rings. The number of halogens is 1. The van der Waals surface area contributed by atoms with E-state index in [1.807, 2.05) is 24.3 Å². The maximum Gasteiger partial charge on any atom is 0.0666 e. The third kappa shape index (κ3) is 2.29. The van der Waals surface area contributed by atoms with Gasteiger partial charge in [0.15, 0.2) is 0 Å². The highest BCUT2D eigenvalue weighted by molar-refractivity contribution is 6.30. The minimum Gasteiger partial charge on any atom is -0.394 e. The fourth-order valence-corrected chi connectivity index (χ4v) is 2.91. The van der Waals surface area contributed by atoms with Crippen molar-refractivity contribution in [1.29, 1.82) is 0 Å². The monoisotopic (exact) mass is 253 g/mol. The van der Waals surface area contributed by atoms with Gasteiger partial charge in [0.1, 0.15) is 0 Å². The Morgan fingerprint density at radius 3 is 2.35 bits per heavy atom. The molecule has 0 radical (unpaired) electrons. The molecule has 0 saturated heterocycles. The quantitative estimate of drug-likeness (QED) is 0.861. The maximum absolute atomic E-state index is 9.78. The van der Waals surface area contributed by atoms with Gasteiger partial charge in [0, 0.05) is 10.7 Å². The van der Waals surface area contributed by atoms with E-state index in [0.717, 1.165) is 30.0 Å². The van der Waals surface area contributed by atoms with Crippen molar-refractivity contribution in [3.8, 4) is 0 Å². The lowest BCUT2D eigenvalue weighted by Gasteiger charge is -2.41. The van der Waals surface area contributed by atoms with Gasteiger partial charge in [0.2, 0.25) is 0 Å². The van der Waals surface area contributed by atoms with Crippen LogP contribution in [0, 0.1) is 5.41 Å². The summed E-state index contributed by atoms with van der Waals surface area (Å²) in [5, 5.41) is 14.0. The van der Waals surface area contributed by atoms with Crippen LogP contribution >= 0.6 is 11.6 Å². The van der Waals surface area contributed by atoms with Crippen LogP contribution < -0.4 is 5.32 Å². The zero-order valence-corrected chi connectivity index (χ0v) is 11.2. The van der Waals surface area contributed by atoms with E-state index in [-0.39, 0.29) is 17.6 Å². The second-order valence-corrected chi connectivity index (χ2v) is 6.05. The van der Waals surface area contributed by atoms with E-state index in [0.29, 0.717) is 0 Å². The molecule has 0 heterocycles. The van der Waals surface area contributed by atoms with E-state index < -0.39 is 0 Å². The van der Waals surface area contributed by atoms with Crippen LogP contribution in [0.2, 0.25) is 5.02 Å². The Balaban J connectivity index is 2.23. The molecule has 0 spiro atoms. The lowest BCUT2D eigenvalue weighted by Crippen LogP contribution is -2.50. The summed E-state index contributed by atoms with van der Waals surface area (Å²) in [4.78, 5) is 0. The Bertz CT molecular complexity index is 388. The van der Waals surface area contributed by atoms with Gasteiger partial charge in [-0.3, -0.25) is 0 Å². The van der Waals surface area contributed by atoms with Crippen LogP contribution in [0.25, 0.3) is 0 Å². The summed E-state index contributed by atoms with van der Waals surface area (Å²) in [7, 11) is 0. The molecular formula is C14H20ClNO. The van der Waals surface area contributed by atoms with Crippen molar-refractivity contribution in [1.82, 2.24) is 0 Å². The molecular weight excluding hydrogens is 234 g/mol. The molecule has 3 heteroatoms. The molecule has 1 fully saturated rings. The molecule has 0 bridgehead atoms. The molecule has 2 nitrogen and oxygen atoms in total. The van der Waals surface area contributed by atoms with Gasteiger partial charge in [0.05, 0.1) is 12.1 Å². The van der Waals surface area contributed by atoms with Crippen LogP contribution in [0.1, 0.15) is 33.1 Å². The molecule has 1 aromatic rings. The Morgan fingerprint density at radius 2 is 1.88 bits per heavy atom. The first kappa shape index (κ1) is 12.7. The molecule has 1 atom stereocenters. The van der Waals surface area contributed by atoms with E-state index in [9.17, 15) is 5.11 Å². The van der Waals surface area contributed by atoms with Gasteiger partial charge in [-0.1, -0.05) is 31.9 Å². The summed E-state index contributed by atoms with van der Waals surface area (Å²) >= 11 is 5.88. The van der Waals surface area contributed by atoms with Crippen molar-refractivity contribution in [2.45, 2.75) is 38.6 Å². The largest absolute Gasteiger partial charge is 0.394 e. The van der Waals surface area contributed by atoms with E-state index in [4.69, 9.17) is 11.6 Å². The fraction of sp³-hybridized carbons (Fsp3) is 0.571. The molecule has 17 heavy (non-hydrogen) atoms. The summed E-state index contributed by atoms with van der Waals surface area (Å²) in [6.07, 6.45) is 3.32. The van der Waals surface area contributed by atoms with Crippen LogP contribution in [0.15, 0.2) is 24.3 Å². The highest BCUT2D eigenvalue weighted by Gasteiger charge is 2.48. The molecule has 94 valence electrons. The van der Waals surface area contributed by atoms with Gasteiger partial charge in [-0.05, 0) is 42.5 Å². The third-order valence-electron chi connectivity index (χ3n) is 4.20. The van der Waals surface area contributed by atoms with Gasteiger partial charge in [-0.15, -0.1) is 0 Å². The standard InChI is InChI=1S/C14H20ClNO/c1-13(2)8-3-9-14(13,10-17)16-12-6-4-11(15)5-7-12/h4-7,16-17H,3,8-10H2,1-2H3. The molecule has 0 aliphatic heterocycles. The highest BCUT2D eigenvalue weighted by Crippen LogP contribution is 2.47. The topological polar surface area (TPSA) is 32.3 Å². The highest BCUT2D eigenvalue weighted by atomic mass is 35.5. The van der Waals surface area contributed by atoms with Crippen LogP contribution in [-0.2, 0) is 0 Å². The summed E-state index contributed by atoms with van der Waals surface area (Å²) in [6, 6.07) is 7.68. The first-order valence-corrected chi connectivity index (χ1v) is 6.52. The fourth-order valence-electron chi connectivity index (χ4n) is 2.78. The number of aliphatic hydroxyl groups excluding tert-OH is 1. The molecule has 2 N–H and O–H groups in total. The van der Waals surface area contributed by atoms with Gasteiger partial charge in [0.25, 0.3) is 0 Å². The normalized spacial score (nSPS) is 27.1. The number of aliphatic hydroxyl groups is 1. The lowest BCUT2D eigenvalue weighted by molar-refractivity contribution is 0.128. The molecule has 0 aromatic heterocycles. The average molecular weight is 254 g/mol. The zero-order valence-electron chi connectivity index (χ0n) is 10.5. The molecule has 2 rings (SSSR count). The summed E-state index contributed by atoms with van der Waals surface area (Å²) in [5.74, 6) is 0. The van der Waals surface area contributed by atoms with E-state index in [1.165, 1.54) is 0 Å². The van der Waals surface area contributed by atoms with Crippen molar-refractivity contribution in [3.05, 3.63) is 29.3 Å². The second-order valence-electron chi connectivity index (χ2n) is 5.61. The zero-order chi connectivity index (χ0) is 12.5. The van der Waals surface area contributed by atoms with Gasteiger partial charge < -0.3 is 10.4 Å². The number of benzene rings is 1. The summed E-state index contributed by atoms with van der Waals surface area (Å²) in [5.41, 5.74) is 0.931. The predicted molar refractivity (Wildman–Crippen MR) is 72.5 cm³/mol. The van der Waals surface area contributed by atoms with Gasteiger partial charge >= 0.3 is 0 Å². The number of nitrogens with one attached hydrogen (secondary N) is 1. The van der Waals surface area contributed by atoms with Crippen molar-refractivity contribution < 1.29 is 5.11 Å². The Labute approximate surface area is 108 Å². The molecule has 1 aromatic carbocycles. The molecule has 1 unspecified atom stereocenters. The third-order valence-corrected chi connectivity index (χ3v) is 4.45. The van der Waals surface area contributed by atoms with E-state index in [1.54, 1.807) is 0 Å². The summed E-state index contributed by atoms with van der Waals surface area (Å²) < 4.78 is 0. The summed E-state index contributed by atoms with van der Waals surface area (Å²) in [6.45, 7) is 4.61. The number of anilines is 1. The van der Waals surface area contributed by atoms with E-state index in [2.05, 4.69) is 19.2 Å². The van der Waals surface area contributed by atoms with Crippen LogP contribution in [0.5, 0.6) is 0 Å². The van der Waals surface area contributed by atoms with Crippen LogP contribution in [-0.4, -0.2) is 17.3 Å². The molecule has 0 amide bonds. The van der Waals surface area contributed by atoms with Crippen molar-refractivity contribution in [3.63, 3.8) is 0 Å². The smallest absolute Gasteiger partial charge is 0.0666 e. The SMILES string of the molecule is CC1(C)CCCC1(CO)Nc1ccc(Cl)cc1. The maximum atomic E-state index is 9.78. The van der Waals surface area contributed by atoms with Crippen LogP contribution in [0.4, 0.5) is 5.69 Å². The Hall–Kier alpha value is -0.730. The van der Waals surface area contributed by atoms with Gasteiger partial charge in [-0.2, -0.15) is 0 Å². The first-order chi connectivity index (χ1) is 7.99. The average Bonchev–Trinajstić information content (AvgIpc) is 2.58. The minimum absolute atomic E-state index is 0.112. The second kappa shape index (κ2) is 4.51. The first-order valence-electron chi connectivity index (χ1n) is 6.14. The van der Waals surface area contributed by atoms with Crippen molar-refractivity contribution in [2.75, 3.05) is 11.9 Å². The molecule has 1 aliphatic carbocycles. The Kier molecular flexibility index (Phi) is 3.37. The van der Waals surface area contributed by atoms with E-state index >= 15 is 0 Å². The number of hydrogen-bond donors (Lipinski definition) is 2. The van der Waals surface area contributed by atoms with Gasteiger partial charge in [-0.25, -0.2) is 0 Å². The minimum atomic E-state index is -0.208. The van der Waals surface area contributed by atoms with Crippen LogP contribution in [0.3, 0.4) is 0 Å². The Morgan fingerprint density at radius 1 is 1.24 bits per heavy atom.